The minimum absolute atomic E-state index is 0.0662. The van der Waals surface area contributed by atoms with Gasteiger partial charge in [0.05, 0.1) is 40.1 Å². The van der Waals surface area contributed by atoms with E-state index in [1.165, 1.54) is 24.3 Å². The van der Waals surface area contributed by atoms with Crippen molar-refractivity contribution in [3.05, 3.63) is 164 Å². The molecule has 4 heterocycles. The Morgan fingerprint density at radius 3 is 1.40 bits per heavy atom. The van der Waals surface area contributed by atoms with Gasteiger partial charge in [0.2, 0.25) is 6.08 Å². The van der Waals surface area contributed by atoms with Gasteiger partial charge in [-0.15, -0.1) is 10.2 Å². The molecule has 0 aliphatic carbocycles. The predicted molar refractivity (Wildman–Crippen MR) is 360 cm³/mol. The standard InChI is InChI=1S/C36H40ClF4N5O4.C25H31FN6O4.C8H6ClNO/c1-20(15-24-12-13-27(37)26(18-24)36(39,40)41)14-23-11-10-21(2)25(17-23)30-42-19-28(38)31(43-30)45(32(47)49-34(4,5)6)29-16-22(3)46(44-29)33(48)50-35(7,8)9;1-14-9-10-16(27)12-17(14)20-28-13-18(26)21(29-20)31(22(33)35-24(3,4)5)19-11-15(2)32(30-19)23(34)36-25(6,7)8;1-6-4-7(10-5-11)2-3-8(6)9/h10-13,16-20H,14-15H2,1-9H3;9-13H,27H2,1-8H3;2-4H,1H3. The Balaban J connectivity index is 0.000000274. The van der Waals surface area contributed by atoms with Crippen LogP contribution in [0.5, 0.6) is 0 Å². The third-order valence-electron chi connectivity index (χ3n) is 13.2. The van der Waals surface area contributed by atoms with Crippen LogP contribution in [0.25, 0.3) is 22.8 Å². The van der Waals surface area contributed by atoms with Gasteiger partial charge in [0.15, 0.2) is 46.6 Å². The second-order valence-electron chi connectivity index (χ2n) is 26.6. The maximum atomic E-state index is 15.6. The van der Waals surface area contributed by atoms with Crippen LogP contribution >= 0.6 is 23.2 Å². The fourth-order valence-electron chi connectivity index (χ4n) is 9.06. The number of hydrogen-bond donors (Lipinski definition) is 1. The lowest BCUT2D eigenvalue weighted by Gasteiger charge is -2.26. The SMILES string of the molecule is Cc1cc(N=C=O)ccc1Cl.Cc1ccc(CC(C)Cc2ccc(Cl)c(C(F)(F)F)c2)cc1-c1ncc(F)c(N(C(=O)OC(C)(C)C)c2cc(C)n(C(=O)OC(C)(C)C)n2)n1.Cc1ccc(N)cc1-c1ncc(F)c(N(C(=O)OC(C)(C)C)c2cc(C)n(C(=O)OC(C)(C)C)n2)n1. The number of rotatable bonds is 11. The Hall–Kier alpha value is -9.65. The van der Waals surface area contributed by atoms with E-state index in [0.717, 1.165) is 59.9 Å². The van der Waals surface area contributed by atoms with Gasteiger partial charge in [0.25, 0.3) is 0 Å². The number of halogens is 7. The molecule has 0 aliphatic rings. The molecule has 1 atom stereocenters. The number of amides is 2. The summed E-state index contributed by atoms with van der Waals surface area (Å²) in [6.45, 7) is 30.8. The van der Waals surface area contributed by atoms with Crippen molar-refractivity contribution in [2.45, 2.75) is 166 Å². The molecule has 4 aromatic carbocycles. The van der Waals surface area contributed by atoms with Gasteiger partial charge < -0.3 is 24.7 Å². The number of aliphatic imine (C=N–C) groups is 1. The predicted octanol–water partition coefficient (Wildman–Crippen LogP) is 18.2. The zero-order chi connectivity index (χ0) is 72.6. The lowest BCUT2D eigenvalue weighted by Crippen LogP contribution is -2.35. The van der Waals surface area contributed by atoms with Crippen molar-refractivity contribution in [1.82, 2.24) is 39.5 Å². The van der Waals surface area contributed by atoms with E-state index in [1.54, 1.807) is 139 Å². The van der Waals surface area contributed by atoms with Crippen LogP contribution in [-0.4, -0.2) is 92.4 Å². The van der Waals surface area contributed by atoms with E-state index in [2.05, 4.69) is 35.1 Å². The summed E-state index contributed by atoms with van der Waals surface area (Å²) >= 11 is 11.5. The first-order chi connectivity index (χ1) is 44.8. The smallest absolute Gasteiger partial charge is 0.435 e. The Morgan fingerprint density at radius 1 is 0.567 bits per heavy atom. The van der Waals surface area contributed by atoms with Gasteiger partial charge in [-0.2, -0.15) is 27.5 Å². The highest BCUT2D eigenvalue weighted by atomic mass is 35.5. The van der Waals surface area contributed by atoms with Crippen LogP contribution in [0.3, 0.4) is 0 Å². The summed E-state index contributed by atoms with van der Waals surface area (Å²) < 4.78 is 94.9. The molecule has 0 bridgehead atoms. The molecule has 0 spiro atoms. The molecule has 1 unspecified atom stereocenters. The minimum Gasteiger partial charge on any atom is -0.443 e. The van der Waals surface area contributed by atoms with Gasteiger partial charge in [0, 0.05) is 34.0 Å². The molecule has 2 amide bonds. The molecule has 21 nitrogen and oxygen atoms in total. The normalized spacial score (nSPS) is 12.0. The van der Waals surface area contributed by atoms with Gasteiger partial charge in [-0.25, -0.2) is 62.5 Å². The van der Waals surface area contributed by atoms with Crippen molar-refractivity contribution in [2.24, 2.45) is 10.9 Å². The lowest BCUT2D eigenvalue weighted by atomic mass is 9.92. The molecule has 0 aliphatic heterocycles. The first-order valence-corrected chi connectivity index (χ1v) is 30.9. The number of aryl methyl sites for hydroxylation is 5. The number of carbonyl (C=O) groups is 4. The highest BCUT2D eigenvalue weighted by Gasteiger charge is 2.36. The monoisotopic (exact) mass is 1380 g/mol. The fourth-order valence-corrected chi connectivity index (χ4v) is 9.40. The fraction of sp³-hybridized carbons (Fsp3) is 0.377. The van der Waals surface area contributed by atoms with E-state index in [1.807, 2.05) is 45.9 Å². The van der Waals surface area contributed by atoms with Crippen molar-refractivity contribution < 1.29 is 64.9 Å². The Morgan fingerprint density at radius 2 is 0.979 bits per heavy atom. The number of nitrogens with zero attached hydrogens (tertiary/aromatic N) is 11. The van der Waals surface area contributed by atoms with Crippen LogP contribution < -0.4 is 15.5 Å². The van der Waals surface area contributed by atoms with E-state index >= 15 is 8.78 Å². The van der Waals surface area contributed by atoms with E-state index in [9.17, 15) is 37.1 Å². The number of isocyanates is 1. The highest BCUT2D eigenvalue weighted by molar-refractivity contribution is 6.31. The minimum atomic E-state index is -4.56. The molecular weight excluding hydrogens is 1310 g/mol. The Kier molecular flexibility index (Phi) is 24.1. The van der Waals surface area contributed by atoms with Gasteiger partial charge in [-0.1, -0.05) is 54.4 Å². The zero-order valence-electron chi connectivity index (χ0n) is 57.0. The van der Waals surface area contributed by atoms with E-state index in [0.29, 0.717) is 57.3 Å². The lowest BCUT2D eigenvalue weighted by molar-refractivity contribution is -0.137. The van der Waals surface area contributed by atoms with Crippen molar-refractivity contribution in [3.8, 4) is 22.8 Å². The summed E-state index contributed by atoms with van der Waals surface area (Å²) in [6.07, 6.45) is -3.85. The van der Waals surface area contributed by atoms with Crippen LogP contribution in [0.2, 0.25) is 10.0 Å². The van der Waals surface area contributed by atoms with Crippen LogP contribution in [0.1, 0.15) is 135 Å². The first-order valence-electron chi connectivity index (χ1n) is 30.2. The van der Waals surface area contributed by atoms with Crippen LogP contribution in [0, 0.1) is 52.2 Å². The first kappa shape index (κ1) is 76.4. The number of hydrogen-bond acceptors (Lipinski definition) is 17. The molecule has 8 rings (SSSR count). The topological polar surface area (TPSA) is 254 Å². The number of benzene rings is 4. The summed E-state index contributed by atoms with van der Waals surface area (Å²) in [5, 5.41) is 8.80. The number of nitrogen functional groups attached to an aromatic ring is 1. The van der Waals surface area contributed by atoms with Gasteiger partial charge >= 0.3 is 30.5 Å². The van der Waals surface area contributed by atoms with Gasteiger partial charge in [-0.05, 0) is 213 Å². The number of anilines is 5. The van der Waals surface area contributed by atoms with Crippen LogP contribution in [-0.2, 0) is 42.8 Å². The summed E-state index contributed by atoms with van der Waals surface area (Å²) in [7, 11) is 0. The highest BCUT2D eigenvalue weighted by Crippen LogP contribution is 2.38. The molecular formula is C69H77Cl2F5N12O9. The number of alkyl halides is 3. The molecule has 0 saturated carbocycles. The molecule has 97 heavy (non-hydrogen) atoms. The second kappa shape index (κ2) is 30.6. The van der Waals surface area contributed by atoms with E-state index in [4.69, 9.17) is 47.9 Å². The number of aromatic nitrogens is 8. The van der Waals surface area contributed by atoms with Crippen molar-refractivity contribution in [2.75, 3.05) is 15.5 Å². The summed E-state index contributed by atoms with van der Waals surface area (Å²) in [5.74, 6) is -2.75. The van der Waals surface area contributed by atoms with Crippen LogP contribution in [0.15, 0.2) is 102 Å². The molecule has 2 N–H and O–H groups in total. The van der Waals surface area contributed by atoms with Crippen molar-refractivity contribution in [1.29, 1.82) is 0 Å². The molecule has 4 aromatic heterocycles. The van der Waals surface area contributed by atoms with Crippen molar-refractivity contribution in [3.63, 3.8) is 0 Å². The maximum absolute atomic E-state index is 15.6. The number of carbonyl (C=O) groups excluding carboxylic acids is 5. The third kappa shape index (κ3) is 21.4. The van der Waals surface area contributed by atoms with Crippen molar-refractivity contribution >= 4 is 88.3 Å². The van der Waals surface area contributed by atoms with Gasteiger partial charge in [-0.3, -0.25) is 0 Å². The largest absolute Gasteiger partial charge is 0.443 e. The average molecular weight is 1380 g/mol. The molecule has 0 radical (unpaired) electrons. The maximum Gasteiger partial charge on any atom is 0.435 e. The second-order valence-corrected chi connectivity index (χ2v) is 27.4. The molecule has 28 heteroatoms. The average Bonchev–Trinajstić information content (AvgIpc) is 1.77. The summed E-state index contributed by atoms with van der Waals surface area (Å²) in [6, 6.07) is 22.6. The molecule has 516 valence electrons. The number of ether oxygens (including phenoxy) is 4. The Labute approximate surface area is 569 Å². The van der Waals surface area contributed by atoms with Crippen LogP contribution in [0.4, 0.5) is 75.8 Å². The Bertz CT molecular complexity index is 4280. The van der Waals surface area contributed by atoms with Gasteiger partial charge in [0.1, 0.15) is 22.4 Å². The quantitative estimate of drug-likeness (QED) is 0.0415. The van der Waals surface area contributed by atoms with E-state index < -0.39 is 81.8 Å². The number of nitrogens with two attached hydrogens (primary N) is 1. The summed E-state index contributed by atoms with van der Waals surface area (Å²) in [5.41, 5.74) is 8.18. The molecule has 0 saturated heterocycles. The summed E-state index contributed by atoms with van der Waals surface area (Å²) in [4.78, 5) is 84.5. The molecule has 0 fully saturated rings. The molecule has 8 aromatic rings. The third-order valence-corrected chi connectivity index (χ3v) is 14.0. The van der Waals surface area contributed by atoms with E-state index in [-0.39, 0.29) is 34.2 Å². The zero-order valence-corrected chi connectivity index (χ0v) is 58.6.